The smallest absolute Gasteiger partial charge is 0.303 e. The van der Waals surface area contributed by atoms with Crippen molar-refractivity contribution in [1.29, 1.82) is 0 Å². The number of hydrogen-bond acceptors (Lipinski definition) is 3. The molecule has 0 aromatic carbocycles. The van der Waals surface area contributed by atoms with Gasteiger partial charge >= 0.3 is 5.97 Å². The molecular weight excluding hydrogens is 354 g/mol. The standard InChI is InChI=1S/C23H37NO4/c25-23(26)21-19-17-15-13-11-9-7-5-3-1-2-4-6-8-10-12-14-16-18-20-22-24(27)28/h1,3-4,6-7,9-10,12H,2,5,8,11,13-22H2,(H,25,26). The summed E-state index contributed by atoms with van der Waals surface area (Å²) in [5.41, 5.74) is 0. The molecule has 0 saturated carbocycles. The summed E-state index contributed by atoms with van der Waals surface area (Å²) < 4.78 is 0. The van der Waals surface area contributed by atoms with Gasteiger partial charge in [-0.1, -0.05) is 61.4 Å². The van der Waals surface area contributed by atoms with E-state index in [1.807, 2.05) is 0 Å². The molecule has 5 heteroatoms. The Morgan fingerprint density at radius 1 is 0.679 bits per heavy atom. The zero-order chi connectivity index (χ0) is 20.7. The maximum absolute atomic E-state index is 10.4. The topological polar surface area (TPSA) is 80.4 Å². The van der Waals surface area contributed by atoms with Gasteiger partial charge in [0, 0.05) is 17.8 Å². The largest absolute Gasteiger partial charge is 0.481 e. The van der Waals surface area contributed by atoms with Gasteiger partial charge in [0.15, 0.2) is 0 Å². The fourth-order valence-electron chi connectivity index (χ4n) is 2.62. The number of carboxylic acids is 1. The fraction of sp³-hybridized carbons (Fsp3) is 0.609. The van der Waals surface area contributed by atoms with Gasteiger partial charge in [0.25, 0.3) is 0 Å². The lowest BCUT2D eigenvalue weighted by Gasteiger charge is -1.96. The Labute approximate surface area is 170 Å². The summed E-state index contributed by atoms with van der Waals surface area (Å²) >= 11 is 0. The van der Waals surface area contributed by atoms with Gasteiger partial charge in [-0.2, -0.15) is 0 Å². The van der Waals surface area contributed by atoms with Gasteiger partial charge in [-0.15, -0.1) is 0 Å². The van der Waals surface area contributed by atoms with E-state index in [0.29, 0.717) is 12.8 Å². The Morgan fingerprint density at radius 2 is 1.11 bits per heavy atom. The molecule has 1 N–H and O–H groups in total. The number of allylic oxidation sites excluding steroid dienone is 8. The zero-order valence-electron chi connectivity index (χ0n) is 17.1. The molecule has 0 fully saturated rings. The van der Waals surface area contributed by atoms with Crippen molar-refractivity contribution < 1.29 is 14.8 Å². The molecule has 0 heterocycles. The number of nitro groups is 1. The van der Waals surface area contributed by atoms with Gasteiger partial charge in [0.1, 0.15) is 0 Å². The minimum Gasteiger partial charge on any atom is -0.481 e. The lowest BCUT2D eigenvalue weighted by Crippen LogP contribution is -1.99. The molecule has 0 radical (unpaired) electrons. The van der Waals surface area contributed by atoms with Crippen LogP contribution in [0.1, 0.15) is 83.5 Å². The number of unbranched alkanes of at least 4 members (excludes halogenated alkanes) is 7. The molecule has 0 spiro atoms. The van der Waals surface area contributed by atoms with Gasteiger partial charge < -0.3 is 5.11 Å². The number of carboxylic acid groups (broad SMARTS) is 1. The summed E-state index contributed by atoms with van der Waals surface area (Å²) in [6.45, 7) is 0.0892. The summed E-state index contributed by atoms with van der Waals surface area (Å²) in [5, 5.41) is 18.7. The van der Waals surface area contributed by atoms with E-state index in [2.05, 4.69) is 48.6 Å². The summed E-state index contributed by atoms with van der Waals surface area (Å²) in [4.78, 5) is 20.3. The van der Waals surface area contributed by atoms with Crippen molar-refractivity contribution >= 4 is 5.97 Å². The van der Waals surface area contributed by atoms with Crippen molar-refractivity contribution in [3.63, 3.8) is 0 Å². The Kier molecular flexibility index (Phi) is 19.5. The minimum absolute atomic E-state index is 0.0892. The van der Waals surface area contributed by atoms with Gasteiger partial charge in [-0.25, -0.2) is 0 Å². The first-order valence-corrected chi connectivity index (χ1v) is 10.6. The van der Waals surface area contributed by atoms with Crippen LogP contribution >= 0.6 is 0 Å². The van der Waals surface area contributed by atoms with Crippen LogP contribution in [-0.4, -0.2) is 22.5 Å². The van der Waals surface area contributed by atoms with Crippen molar-refractivity contribution in [3.05, 3.63) is 58.7 Å². The molecule has 0 aliphatic heterocycles. The van der Waals surface area contributed by atoms with Crippen LogP contribution in [0.3, 0.4) is 0 Å². The summed E-state index contributed by atoms with van der Waals surface area (Å²) in [6, 6.07) is 0. The fourth-order valence-corrected chi connectivity index (χ4v) is 2.62. The first-order valence-electron chi connectivity index (χ1n) is 10.6. The third kappa shape index (κ3) is 23.8. The average Bonchev–Trinajstić information content (AvgIpc) is 2.65. The first-order chi connectivity index (χ1) is 13.6. The molecule has 0 amide bonds. The molecule has 158 valence electrons. The average molecular weight is 392 g/mol. The lowest BCUT2D eigenvalue weighted by atomic mass is 10.1. The van der Waals surface area contributed by atoms with E-state index in [4.69, 9.17) is 5.11 Å². The Hall–Kier alpha value is -2.17. The van der Waals surface area contributed by atoms with E-state index in [-0.39, 0.29) is 11.5 Å². The summed E-state index contributed by atoms with van der Waals surface area (Å²) in [5.74, 6) is -0.697. The van der Waals surface area contributed by atoms with Crippen LogP contribution in [0.25, 0.3) is 0 Å². The van der Waals surface area contributed by atoms with Crippen molar-refractivity contribution in [2.75, 3.05) is 6.54 Å². The van der Waals surface area contributed by atoms with Crippen LogP contribution in [0.15, 0.2) is 48.6 Å². The maximum Gasteiger partial charge on any atom is 0.303 e. The van der Waals surface area contributed by atoms with Gasteiger partial charge in [-0.05, 0) is 57.8 Å². The predicted octanol–water partition coefficient (Wildman–Crippen LogP) is 6.64. The molecule has 0 aromatic heterocycles. The third-order valence-electron chi connectivity index (χ3n) is 4.21. The number of nitrogens with zero attached hydrogens (tertiary/aromatic N) is 1. The highest BCUT2D eigenvalue weighted by Gasteiger charge is 1.96. The monoisotopic (exact) mass is 391 g/mol. The second-order valence-corrected chi connectivity index (χ2v) is 6.85. The highest BCUT2D eigenvalue weighted by molar-refractivity contribution is 5.66. The quantitative estimate of drug-likeness (QED) is 0.116. The van der Waals surface area contributed by atoms with Gasteiger partial charge in [0.2, 0.25) is 6.54 Å². The van der Waals surface area contributed by atoms with Crippen molar-refractivity contribution in [1.82, 2.24) is 0 Å². The molecule has 28 heavy (non-hydrogen) atoms. The third-order valence-corrected chi connectivity index (χ3v) is 4.21. The molecule has 0 aliphatic rings. The van der Waals surface area contributed by atoms with E-state index in [1.165, 1.54) is 0 Å². The van der Waals surface area contributed by atoms with Crippen LogP contribution in [0, 0.1) is 10.1 Å². The number of rotatable bonds is 19. The molecule has 5 nitrogen and oxygen atoms in total. The van der Waals surface area contributed by atoms with Crippen molar-refractivity contribution in [2.45, 2.75) is 83.5 Å². The van der Waals surface area contributed by atoms with Crippen molar-refractivity contribution in [3.8, 4) is 0 Å². The van der Waals surface area contributed by atoms with Crippen LogP contribution in [0.5, 0.6) is 0 Å². The van der Waals surface area contributed by atoms with Crippen LogP contribution in [0.2, 0.25) is 0 Å². The molecule has 0 saturated heterocycles. The van der Waals surface area contributed by atoms with Crippen LogP contribution in [-0.2, 0) is 4.79 Å². The SMILES string of the molecule is O=C(O)CCCCCCC=CCC=CCC=CCC=CCCCCC[N+](=O)[O-]. The van der Waals surface area contributed by atoms with E-state index in [9.17, 15) is 14.9 Å². The zero-order valence-corrected chi connectivity index (χ0v) is 17.1. The van der Waals surface area contributed by atoms with E-state index < -0.39 is 5.97 Å². The molecule has 0 rings (SSSR count). The molecule has 0 aromatic rings. The second kappa shape index (κ2) is 21.1. The first kappa shape index (κ1) is 25.8. The minimum atomic E-state index is -0.697. The molecular formula is C23H37NO4. The van der Waals surface area contributed by atoms with Gasteiger partial charge in [-0.3, -0.25) is 14.9 Å². The number of carbonyl (C=O) groups is 1. The van der Waals surface area contributed by atoms with E-state index in [0.717, 1.165) is 70.6 Å². The predicted molar refractivity (Wildman–Crippen MR) is 116 cm³/mol. The highest BCUT2D eigenvalue weighted by atomic mass is 16.6. The number of aliphatic carboxylic acids is 1. The van der Waals surface area contributed by atoms with Gasteiger partial charge in [0.05, 0.1) is 0 Å². The molecule has 0 atom stereocenters. The van der Waals surface area contributed by atoms with E-state index >= 15 is 0 Å². The molecule has 0 bridgehead atoms. The molecule has 0 aliphatic carbocycles. The Bertz CT molecular complexity index is 507. The molecule has 0 unspecified atom stereocenters. The van der Waals surface area contributed by atoms with Crippen LogP contribution < -0.4 is 0 Å². The normalized spacial score (nSPS) is 12.1. The second-order valence-electron chi connectivity index (χ2n) is 6.85. The lowest BCUT2D eigenvalue weighted by molar-refractivity contribution is -0.480. The summed E-state index contributed by atoms with van der Waals surface area (Å²) in [7, 11) is 0. The Morgan fingerprint density at radius 3 is 1.57 bits per heavy atom. The summed E-state index contributed by atoms with van der Waals surface area (Å²) in [6.07, 6.45) is 29.2. The highest BCUT2D eigenvalue weighted by Crippen LogP contribution is 2.06. The maximum atomic E-state index is 10.4. The number of hydrogen-bond donors (Lipinski definition) is 1. The Balaban J connectivity index is 3.38. The van der Waals surface area contributed by atoms with Crippen LogP contribution in [0.4, 0.5) is 0 Å². The van der Waals surface area contributed by atoms with Crippen molar-refractivity contribution in [2.24, 2.45) is 0 Å². The van der Waals surface area contributed by atoms with E-state index in [1.54, 1.807) is 0 Å².